The summed E-state index contributed by atoms with van der Waals surface area (Å²) in [6, 6.07) is 7.50. The Labute approximate surface area is 116 Å². The third-order valence-electron chi connectivity index (χ3n) is 3.18. The number of para-hydroxylation sites is 1. The zero-order valence-corrected chi connectivity index (χ0v) is 11.2. The summed E-state index contributed by atoms with van der Waals surface area (Å²) in [7, 11) is 1.42. The van der Waals surface area contributed by atoms with Crippen LogP contribution in [0.5, 0.6) is 5.75 Å². The number of rotatable bonds is 6. The number of fused-ring (bicyclic) bond motifs is 1. The van der Waals surface area contributed by atoms with Gasteiger partial charge in [-0.25, -0.2) is 0 Å². The highest BCUT2D eigenvalue weighted by Gasteiger charge is 2.29. The molecule has 0 saturated carbocycles. The molecule has 1 aromatic carbocycles. The van der Waals surface area contributed by atoms with Gasteiger partial charge >= 0.3 is 5.97 Å². The lowest BCUT2D eigenvalue weighted by atomic mass is 10.1. The molecule has 2 N–H and O–H groups in total. The quantitative estimate of drug-likeness (QED) is 0.796. The second-order valence-electron chi connectivity index (χ2n) is 4.62. The number of benzene rings is 1. The van der Waals surface area contributed by atoms with Crippen LogP contribution in [-0.2, 0) is 20.7 Å². The van der Waals surface area contributed by atoms with Crippen LogP contribution in [0.4, 0.5) is 0 Å². The topological polar surface area (TPSA) is 84.9 Å². The van der Waals surface area contributed by atoms with E-state index in [1.165, 1.54) is 7.11 Å². The predicted octanol–water partition coefficient (Wildman–Crippen LogP) is 0.596. The molecule has 20 heavy (non-hydrogen) atoms. The molecule has 1 amide bonds. The molecule has 0 spiro atoms. The van der Waals surface area contributed by atoms with Gasteiger partial charge in [0.05, 0.1) is 12.5 Å². The molecule has 0 saturated heterocycles. The van der Waals surface area contributed by atoms with Crippen molar-refractivity contribution in [2.75, 3.05) is 13.7 Å². The van der Waals surface area contributed by atoms with Crippen LogP contribution in [0.3, 0.4) is 0 Å². The molecular formula is C14H17NO5. The molecule has 1 aromatic rings. The van der Waals surface area contributed by atoms with Crippen LogP contribution in [0.1, 0.15) is 12.0 Å². The summed E-state index contributed by atoms with van der Waals surface area (Å²) in [4.78, 5) is 22.6. The highest BCUT2D eigenvalue weighted by atomic mass is 16.5. The maximum atomic E-state index is 12.0. The number of methoxy groups -OCH3 is 1. The van der Waals surface area contributed by atoms with Crippen molar-refractivity contribution in [3.05, 3.63) is 29.8 Å². The highest BCUT2D eigenvalue weighted by molar-refractivity contribution is 5.82. The van der Waals surface area contributed by atoms with Crippen LogP contribution >= 0.6 is 0 Å². The first-order chi connectivity index (χ1) is 9.60. The van der Waals surface area contributed by atoms with Crippen molar-refractivity contribution < 1.29 is 24.2 Å². The van der Waals surface area contributed by atoms with E-state index in [-0.39, 0.29) is 18.9 Å². The maximum Gasteiger partial charge on any atom is 0.306 e. The molecule has 0 bridgehead atoms. The Bertz CT molecular complexity index is 477. The zero-order valence-electron chi connectivity index (χ0n) is 11.2. The average Bonchev–Trinajstić information content (AvgIpc) is 2.86. The van der Waals surface area contributed by atoms with E-state index in [1.54, 1.807) is 0 Å². The van der Waals surface area contributed by atoms with E-state index in [1.807, 2.05) is 24.3 Å². The average molecular weight is 279 g/mol. The molecule has 1 heterocycles. The molecule has 0 radical (unpaired) electrons. The van der Waals surface area contributed by atoms with E-state index < -0.39 is 18.2 Å². The van der Waals surface area contributed by atoms with Gasteiger partial charge in [0, 0.05) is 20.1 Å². The smallest absolute Gasteiger partial charge is 0.306 e. The highest BCUT2D eigenvalue weighted by Crippen LogP contribution is 2.28. The van der Waals surface area contributed by atoms with Crippen molar-refractivity contribution in [3.8, 4) is 5.75 Å². The summed E-state index contributed by atoms with van der Waals surface area (Å²) in [5.74, 6) is -0.495. The fraction of sp³-hybridized carbons (Fsp3) is 0.429. The summed E-state index contributed by atoms with van der Waals surface area (Å²) >= 11 is 0. The second-order valence-corrected chi connectivity index (χ2v) is 4.62. The van der Waals surface area contributed by atoms with Gasteiger partial charge in [-0.15, -0.1) is 0 Å². The number of carbonyl (C=O) groups is 2. The SMILES string of the molecule is COC(CNC(=O)C1Cc2ccccc2O1)CC(=O)O. The van der Waals surface area contributed by atoms with E-state index in [4.69, 9.17) is 14.6 Å². The molecule has 1 aliphatic rings. The lowest BCUT2D eigenvalue weighted by Gasteiger charge is -2.16. The van der Waals surface area contributed by atoms with Gasteiger partial charge < -0.3 is 19.9 Å². The van der Waals surface area contributed by atoms with Crippen molar-refractivity contribution in [1.29, 1.82) is 0 Å². The fourth-order valence-corrected chi connectivity index (χ4v) is 2.09. The van der Waals surface area contributed by atoms with Gasteiger partial charge in [0.2, 0.25) is 0 Å². The Hall–Kier alpha value is -2.08. The van der Waals surface area contributed by atoms with Gasteiger partial charge in [-0.05, 0) is 11.6 Å². The Morgan fingerprint density at radius 3 is 2.90 bits per heavy atom. The lowest BCUT2D eigenvalue weighted by Crippen LogP contribution is -2.42. The number of carboxylic acids is 1. The maximum absolute atomic E-state index is 12.0. The Kier molecular flexibility index (Phi) is 4.57. The number of nitrogens with one attached hydrogen (secondary N) is 1. The summed E-state index contributed by atoms with van der Waals surface area (Å²) in [5.41, 5.74) is 1.00. The van der Waals surface area contributed by atoms with Gasteiger partial charge in [0.15, 0.2) is 6.10 Å². The van der Waals surface area contributed by atoms with E-state index in [2.05, 4.69) is 5.32 Å². The minimum absolute atomic E-state index is 0.150. The first-order valence-corrected chi connectivity index (χ1v) is 6.37. The number of hydrogen-bond donors (Lipinski definition) is 2. The molecule has 2 rings (SSSR count). The molecule has 108 valence electrons. The molecule has 0 fully saturated rings. The van der Waals surface area contributed by atoms with Gasteiger partial charge in [0.25, 0.3) is 5.91 Å². The Morgan fingerprint density at radius 2 is 2.25 bits per heavy atom. The Balaban J connectivity index is 1.83. The molecule has 6 heteroatoms. The summed E-state index contributed by atoms with van der Waals surface area (Å²) in [6.07, 6.45) is -0.726. The number of amides is 1. The monoisotopic (exact) mass is 279 g/mol. The second kappa shape index (κ2) is 6.38. The van der Waals surface area contributed by atoms with E-state index in [0.29, 0.717) is 6.42 Å². The number of carboxylic acid groups (broad SMARTS) is 1. The fourth-order valence-electron chi connectivity index (χ4n) is 2.09. The molecule has 2 unspecified atom stereocenters. The van der Waals surface area contributed by atoms with E-state index in [0.717, 1.165) is 11.3 Å². The van der Waals surface area contributed by atoms with Crippen molar-refractivity contribution in [1.82, 2.24) is 5.32 Å². The number of carbonyl (C=O) groups excluding carboxylic acids is 1. The van der Waals surface area contributed by atoms with Crippen molar-refractivity contribution >= 4 is 11.9 Å². The lowest BCUT2D eigenvalue weighted by molar-refractivity contribution is -0.140. The van der Waals surface area contributed by atoms with Crippen molar-refractivity contribution in [3.63, 3.8) is 0 Å². The Morgan fingerprint density at radius 1 is 1.50 bits per heavy atom. The van der Waals surface area contributed by atoms with Crippen LogP contribution in [0.2, 0.25) is 0 Å². The molecule has 6 nitrogen and oxygen atoms in total. The summed E-state index contributed by atoms with van der Waals surface area (Å²) in [6.45, 7) is 0.151. The van der Waals surface area contributed by atoms with Gasteiger partial charge in [-0.2, -0.15) is 0 Å². The van der Waals surface area contributed by atoms with Crippen molar-refractivity contribution in [2.45, 2.75) is 25.0 Å². The van der Waals surface area contributed by atoms with Gasteiger partial charge in [-0.1, -0.05) is 18.2 Å². The molecule has 0 aliphatic carbocycles. The minimum Gasteiger partial charge on any atom is -0.481 e. The first-order valence-electron chi connectivity index (χ1n) is 6.37. The standard InChI is InChI=1S/C14H17NO5/c1-19-10(7-13(16)17)8-15-14(18)12-6-9-4-2-3-5-11(9)20-12/h2-5,10,12H,6-8H2,1H3,(H,15,18)(H,16,17). The predicted molar refractivity (Wildman–Crippen MR) is 70.6 cm³/mol. The zero-order chi connectivity index (χ0) is 14.5. The first kappa shape index (κ1) is 14.3. The van der Waals surface area contributed by atoms with Crippen LogP contribution in [-0.4, -0.2) is 42.8 Å². The third kappa shape index (κ3) is 3.48. The molecule has 0 aromatic heterocycles. The molecule has 2 atom stereocenters. The van der Waals surface area contributed by atoms with Crippen LogP contribution in [0.15, 0.2) is 24.3 Å². The normalized spacial score (nSPS) is 17.9. The number of hydrogen-bond acceptors (Lipinski definition) is 4. The van der Waals surface area contributed by atoms with Crippen LogP contribution in [0, 0.1) is 0 Å². The third-order valence-corrected chi connectivity index (χ3v) is 3.18. The van der Waals surface area contributed by atoms with Crippen LogP contribution < -0.4 is 10.1 Å². The minimum atomic E-state index is -0.962. The van der Waals surface area contributed by atoms with E-state index >= 15 is 0 Å². The largest absolute Gasteiger partial charge is 0.481 e. The number of ether oxygens (including phenoxy) is 2. The summed E-state index contributed by atoms with van der Waals surface area (Å²) < 4.78 is 10.5. The molecular weight excluding hydrogens is 262 g/mol. The summed E-state index contributed by atoms with van der Waals surface area (Å²) in [5, 5.41) is 11.4. The number of aliphatic carboxylic acids is 1. The van der Waals surface area contributed by atoms with Crippen LogP contribution in [0.25, 0.3) is 0 Å². The molecule has 1 aliphatic heterocycles. The van der Waals surface area contributed by atoms with Crippen molar-refractivity contribution in [2.24, 2.45) is 0 Å². The van der Waals surface area contributed by atoms with E-state index in [9.17, 15) is 9.59 Å². The van der Waals surface area contributed by atoms with Gasteiger partial charge in [0.1, 0.15) is 5.75 Å². The van der Waals surface area contributed by atoms with Gasteiger partial charge in [-0.3, -0.25) is 9.59 Å².